The van der Waals surface area contributed by atoms with Crippen molar-refractivity contribution < 1.29 is 4.92 Å². The topological polar surface area (TPSA) is 55.2 Å². The van der Waals surface area contributed by atoms with E-state index in [0.717, 1.165) is 30.6 Å². The summed E-state index contributed by atoms with van der Waals surface area (Å²) in [6.45, 7) is 7.42. The lowest BCUT2D eigenvalue weighted by atomic mass is 10.2. The molecule has 86 valence electrons. The Labute approximate surface area is 95.1 Å². The molecule has 0 radical (unpaired) electrons. The fraction of sp³-hybridized carbons (Fsp3) is 0.333. The second-order valence-corrected chi connectivity index (χ2v) is 3.81. The number of hydrogen-bond acceptors (Lipinski definition) is 3. The molecule has 1 aromatic rings. The Balaban J connectivity index is 2.38. The van der Waals surface area contributed by atoms with Crippen LogP contribution in [-0.4, -0.2) is 11.5 Å². The third-order valence-corrected chi connectivity index (χ3v) is 2.20. The highest BCUT2D eigenvalue weighted by Crippen LogP contribution is 2.11. The van der Waals surface area contributed by atoms with E-state index in [-0.39, 0.29) is 5.69 Å². The molecule has 1 rings (SSSR count). The average Bonchev–Trinajstić information content (AvgIpc) is 2.25. The van der Waals surface area contributed by atoms with Gasteiger partial charge in [-0.05, 0) is 25.5 Å². The van der Waals surface area contributed by atoms with Crippen molar-refractivity contribution in [2.45, 2.75) is 19.9 Å². The third kappa shape index (κ3) is 4.23. The highest BCUT2D eigenvalue weighted by atomic mass is 16.6. The van der Waals surface area contributed by atoms with Crippen LogP contribution in [0.1, 0.15) is 18.9 Å². The molecule has 0 spiro atoms. The van der Waals surface area contributed by atoms with E-state index in [1.54, 1.807) is 12.1 Å². The zero-order chi connectivity index (χ0) is 12.0. The molecular weight excluding hydrogens is 204 g/mol. The number of hydrogen-bond donors (Lipinski definition) is 1. The van der Waals surface area contributed by atoms with Crippen LogP contribution in [0.2, 0.25) is 0 Å². The van der Waals surface area contributed by atoms with E-state index in [4.69, 9.17) is 0 Å². The molecule has 0 aliphatic heterocycles. The van der Waals surface area contributed by atoms with Crippen molar-refractivity contribution in [1.29, 1.82) is 0 Å². The van der Waals surface area contributed by atoms with Gasteiger partial charge in [-0.25, -0.2) is 0 Å². The standard InChI is InChI=1S/C12H16N2O2/c1-10(2)7-8-13-9-11-3-5-12(6-4-11)14(15)16/h3-6,13H,1,7-9H2,2H3. The van der Waals surface area contributed by atoms with E-state index in [1.807, 2.05) is 6.92 Å². The Morgan fingerprint density at radius 3 is 2.56 bits per heavy atom. The Morgan fingerprint density at radius 1 is 1.44 bits per heavy atom. The van der Waals surface area contributed by atoms with E-state index in [2.05, 4.69) is 11.9 Å². The van der Waals surface area contributed by atoms with Crippen molar-refractivity contribution in [3.8, 4) is 0 Å². The number of benzene rings is 1. The van der Waals surface area contributed by atoms with Crippen molar-refractivity contribution in [3.05, 3.63) is 52.1 Å². The summed E-state index contributed by atoms with van der Waals surface area (Å²) in [5, 5.41) is 13.7. The third-order valence-electron chi connectivity index (χ3n) is 2.20. The first-order valence-electron chi connectivity index (χ1n) is 5.18. The molecule has 0 aliphatic carbocycles. The molecule has 16 heavy (non-hydrogen) atoms. The summed E-state index contributed by atoms with van der Waals surface area (Å²) in [6, 6.07) is 6.59. The van der Waals surface area contributed by atoms with Gasteiger partial charge in [-0.1, -0.05) is 17.7 Å². The van der Waals surface area contributed by atoms with E-state index < -0.39 is 4.92 Å². The minimum Gasteiger partial charge on any atom is -0.312 e. The Morgan fingerprint density at radius 2 is 2.06 bits per heavy atom. The predicted molar refractivity (Wildman–Crippen MR) is 64.2 cm³/mol. The molecule has 0 saturated heterocycles. The van der Waals surface area contributed by atoms with E-state index in [1.165, 1.54) is 12.1 Å². The number of nitrogens with zero attached hydrogens (tertiary/aromatic N) is 1. The van der Waals surface area contributed by atoms with Crippen molar-refractivity contribution >= 4 is 5.69 Å². The van der Waals surface area contributed by atoms with E-state index >= 15 is 0 Å². The zero-order valence-electron chi connectivity index (χ0n) is 9.40. The molecule has 1 N–H and O–H groups in total. The maximum absolute atomic E-state index is 10.4. The second kappa shape index (κ2) is 6.02. The molecule has 0 amide bonds. The normalized spacial score (nSPS) is 10.1. The van der Waals surface area contributed by atoms with Crippen molar-refractivity contribution in [2.24, 2.45) is 0 Å². The molecule has 4 heteroatoms. The summed E-state index contributed by atoms with van der Waals surface area (Å²) in [5.41, 5.74) is 2.33. The molecule has 1 aromatic carbocycles. The predicted octanol–water partition coefficient (Wildman–Crippen LogP) is 2.65. The van der Waals surface area contributed by atoms with E-state index in [9.17, 15) is 10.1 Å². The molecule has 0 heterocycles. The fourth-order valence-electron chi connectivity index (χ4n) is 1.27. The molecule has 0 unspecified atom stereocenters. The van der Waals surface area contributed by atoms with Crippen LogP contribution in [-0.2, 0) is 6.54 Å². The molecule has 0 saturated carbocycles. The van der Waals surface area contributed by atoms with Gasteiger partial charge < -0.3 is 5.32 Å². The van der Waals surface area contributed by atoms with Crippen LogP contribution in [0.4, 0.5) is 5.69 Å². The van der Waals surface area contributed by atoms with E-state index in [0.29, 0.717) is 0 Å². The van der Waals surface area contributed by atoms with Crippen LogP contribution in [0.5, 0.6) is 0 Å². The van der Waals surface area contributed by atoms with Gasteiger partial charge in [0.05, 0.1) is 4.92 Å². The van der Waals surface area contributed by atoms with Crippen LogP contribution < -0.4 is 5.32 Å². The second-order valence-electron chi connectivity index (χ2n) is 3.81. The Kier molecular flexibility index (Phi) is 4.66. The first-order chi connectivity index (χ1) is 7.59. The van der Waals surface area contributed by atoms with Gasteiger partial charge in [-0.3, -0.25) is 10.1 Å². The molecule has 4 nitrogen and oxygen atoms in total. The molecule has 0 aliphatic rings. The lowest BCUT2D eigenvalue weighted by Crippen LogP contribution is -2.14. The Hall–Kier alpha value is -1.68. The van der Waals surface area contributed by atoms with Gasteiger partial charge in [-0.2, -0.15) is 0 Å². The maximum Gasteiger partial charge on any atom is 0.269 e. The summed E-state index contributed by atoms with van der Waals surface area (Å²) in [5.74, 6) is 0. The highest BCUT2D eigenvalue weighted by Gasteiger charge is 2.03. The number of nitro groups is 1. The van der Waals surface area contributed by atoms with Gasteiger partial charge in [0.2, 0.25) is 0 Å². The zero-order valence-corrected chi connectivity index (χ0v) is 9.40. The molecule has 0 atom stereocenters. The van der Waals surface area contributed by atoms with Crippen LogP contribution in [0.15, 0.2) is 36.4 Å². The summed E-state index contributed by atoms with van der Waals surface area (Å²) in [7, 11) is 0. The lowest BCUT2D eigenvalue weighted by molar-refractivity contribution is -0.384. The molecule has 0 aromatic heterocycles. The van der Waals surface area contributed by atoms with Gasteiger partial charge in [-0.15, -0.1) is 6.58 Å². The highest BCUT2D eigenvalue weighted by molar-refractivity contribution is 5.32. The van der Waals surface area contributed by atoms with Crippen LogP contribution >= 0.6 is 0 Å². The van der Waals surface area contributed by atoms with Crippen molar-refractivity contribution in [1.82, 2.24) is 5.32 Å². The summed E-state index contributed by atoms with van der Waals surface area (Å²) in [4.78, 5) is 10.0. The van der Waals surface area contributed by atoms with Crippen LogP contribution in [0.3, 0.4) is 0 Å². The first kappa shape index (κ1) is 12.4. The maximum atomic E-state index is 10.4. The average molecular weight is 220 g/mol. The van der Waals surface area contributed by atoms with Gasteiger partial charge in [0.1, 0.15) is 0 Å². The summed E-state index contributed by atoms with van der Waals surface area (Å²) >= 11 is 0. The fourth-order valence-corrected chi connectivity index (χ4v) is 1.27. The molecular formula is C12H16N2O2. The molecule has 0 fully saturated rings. The summed E-state index contributed by atoms with van der Waals surface area (Å²) in [6.07, 6.45) is 0.951. The lowest BCUT2D eigenvalue weighted by Gasteiger charge is -2.04. The number of rotatable bonds is 6. The molecule has 0 bridgehead atoms. The largest absolute Gasteiger partial charge is 0.312 e. The SMILES string of the molecule is C=C(C)CCNCc1ccc([N+](=O)[O-])cc1. The summed E-state index contributed by atoms with van der Waals surface area (Å²) < 4.78 is 0. The van der Waals surface area contributed by atoms with Crippen molar-refractivity contribution in [2.75, 3.05) is 6.54 Å². The van der Waals surface area contributed by atoms with Gasteiger partial charge in [0, 0.05) is 18.7 Å². The van der Waals surface area contributed by atoms with Crippen LogP contribution in [0.25, 0.3) is 0 Å². The first-order valence-corrected chi connectivity index (χ1v) is 5.18. The Bertz CT molecular complexity index is 371. The minimum atomic E-state index is -0.391. The van der Waals surface area contributed by atoms with Crippen molar-refractivity contribution in [3.63, 3.8) is 0 Å². The monoisotopic (exact) mass is 220 g/mol. The number of nitrogens with one attached hydrogen (secondary N) is 1. The number of non-ortho nitro benzene ring substituents is 1. The van der Waals surface area contributed by atoms with Gasteiger partial charge >= 0.3 is 0 Å². The van der Waals surface area contributed by atoms with Crippen LogP contribution in [0, 0.1) is 10.1 Å². The minimum absolute atomic E-state index is 0.130. The van der Waals surface area contributed by atoms with Gasteiger partial charge in [0.25, 0.3) is 5.69 Å². The smallest absolute Gasteiger partial charge is 0.269 e. The number of nitro benzene ring substituents is 1. The van der Waals surface area contributed by atoms with Gasteiger partial charge in [0.15, 0.2) is 0 Å². The quantitative estimate of drug-likeness (QED) is 0.347.